The predicted molar refractivity (Wildman–Crippen MR) is 219 cm³/mol. The summed E-state index contributed by atoms with van der Waals surface area (Å²) >= 11 is 3.73. The summed E-state index contributed by atoms with van der Waals surface area (Å²) in [6.45, 7) is 0. The first-order valence-electron chi connectivity index (χ1n) is 16.9. The second kappa shape index (κ2) is 10.8. The first-order valence-corrected chi connectivity index (χ1v) is 18.6. The van der Waals surface area contributed by atoms with Crippen LogP contribution in [0.25, 0.3) is 78.6 Å². The summed E-state index contributed by atoms with van der Waals surface area (Å²) < 4.78 is 7.65. The summed E-state index contributed by atoms with van der Waals surface area (Å²) in [5.74, 6) is 0. The van der Waals surface area contributed by atoms with Crippen molar-refractivity contribution < 1.29 is 0 Å². The summed E-state index contributed by atoms with van der Waals surface area (Å²) in [7, 11) is 0. The molecule has 11 aromatic rings. The van der Waals surface area contributed by atoms with E-state index in [9.17, 15) is 0 Å². The summed E-state index contributed by atoms with van der Waals surface area (Å²) in [5.41, 5.74) is 7.02. The molecule has 0 saturated heterocycles. The van der Waals surface area contributed by atoms with Crippen LogP contribution in [0.4, 0.5) is 17.1 Å². The van der Waals surface area contributed by atoms with Gasteiger partial charge in [0, 0.05) is 73.9 Å². The lowest BCUT2D eigenvalue weighted by Crippen LogP contribution is -2.10. The minimum atomic E-state index is 1.13. The number of hydrogen-bond donors (Lipinski definition) is 0. The van der Waals surface area contributed by atoms with Gasteiger partial charge in [0.05, 0.1) is 11.0 Å². The Hall–Kier alpha value is -5.94. The smallest absolute Gasteiger partial charge is 0.0547 e. The van der Waals surface area contributed by atoms with Gasteiger partial charge in [-0.2, -0.15) is 0 Å². The fourth-order valence-corrected chi connectivity index (χ4v) is 10.1. The van der Waals surface area contributed by atoms with E-state index in [0.717, 1.165) is 22.7 Å². The summed E-state index contributed by atoms with van der Waals surface area (Å²) in [6.07, 6.45) is 0. The first-order chi connectivity index (χ1) is 24.8. The van der Waals surface area contributed by atoms with E-state index in [-0.39, 0.29) is 0 Å². The SMILES string of the molecule is c1ccc2cc3c(cc2c1)c1ccccc1n3-c1ccc(N(c2ccc3c(c2)sc2ccccc23)c2ccc3c(c2)sc2ccccc23)cc1. The van der Waals surface area contributed by atoms with Crippen molar-refractivity contribution >= 4 is 113 Å². The molecule has 0 spiro atoms. The first kappa shape index (κ1) is 28.0. The molecule has 0 saturated carbocycles. The molecule has 50 heavy (non-hydrogen) atoms. The van der Waals surface area contributed by atoms with E-state index in [1.54, 1.807) is 0 Å². The van der Waals surface area contributed by atoms with Crippen molar-refractivity contribution in [1.29, 1.82) is 0 Å². The molecule has 0 aliphatic carbocycles. The highest BCUT2D eigenvalue weighted by atomic mass is 32.1. The highest BCUT2D eigenvalue weighted by Gasteiger charge is 2.18. The van der Waals surface area contributed by atoms with E-state index in [2.05, 4.69) is 179 Å². The molecule has 4 heteroatoms. The maximum atomic E-state index is 2.41. The van der Waals surface area contributed by atoms with Gasteiger partial charge >= 0.3 is 0 Å². The van der Waals surface area contributed by atoms with Crippen LogP contribution >= 0.6 is 22.7 Å². The van der Waals surface area contributed by atoms with Gasteiger partial charge in [-0.05, 0) is 89.6 Å². The molecule has 11 rings (SSSR count). The molecule has 0 aliphatic heterocycles. The minimum Gasteiger partial charge on any atom is -0.310 e. The molecule has 0 fully saturated rings. The lowest BCUT2D eigenvalue weighted by Gasteiger charge is -2.26. The Morgan fingerprint density at radius 3 is 1.48 bits per heavy atom. The summed E-state index contributed by atoms with van der Waals surface area (Å²) in [5, 5.41) is 10.3. The van der Waals surface area contributed by atoms with Crippen LogP contribution in [0.5, 0.6) is 0 Å². The standard InChI is InChI=1S/C46H28N2S2/c1-2-10-30-26-42-40(25-29(30)9-1)35-11-3-6-14-41(35)48(42)32-19-17-31(18-20-32)47(33-21-23-38-36-12-4-7-15-43(36)49-45(38)27-33)34-22-24-39-37-13-5-8-16-44(37)50-46(39)28-34/h1-28H. The van der Waals surface area contributed by atoms with Crippen molar-refractivity contribution in [2.24, 2.45) is 0 Å². The molecular weight excluding hydrogens is 645 g/mol. The number of aromatic nitrogens is 1. The molecule has 3 aromatic heterocycles. The van der Waals surface area contributed by atoms with Crippen molar-refractivity contribution in [2.75, 3.05) is 4.90 Å². The topological polar surface area (TPSA) is 8.17 Å². The number of para-hydroxylation sites is 1. The van der Waals surface area contributed by atoms with Crippen molar-refractivity contribution in [2.45, 2.75) is 0 Å². The van der Waals surface area contributed by atoms with Gasteiger partial charge in [-0.3, -0.25) is 0 Å². The predicted octanol–water partition coefficient (Wildman–Crippen LogP) is 14.1. The molecule has 0 radical (unpaired) electrons. The van der Waals surface area contributed by atoms with Crippen LogP contribution in [0, 0.1) is 0 Å². The molecular formula is C46H28N2S2. The average molecular weight is 673 g/mol. The fourth-order valence-electron chi connectivity index (χ4n) is 7.84. The molecule has 0 bridgehead atoms. The Balaban J connectivity index is 1.10. The second-order valence-electron chi connectivity index (χ2n) is 13.0. The van der Waals surface area contributed by atoms with Crippen LogP contribution in [0.15, 0.2) is 170 Å². The maximum absolute atomic E-state index is 2.41. The molecule has 3 heterocycles. The number of thiophene rings is 2. The van der Waals surface area contributed by atoms with Gasteiger partial charge in [0.15, 0.2) is 0 Å². The van der Waals surface area contributed by atoms with Crippen molar-refractivity contribution in [3.63, 3.8) is 0 Å². The number of rotatable bonds is 4. The van der Waals surface area contributed by atoms with E-state index < -0.39 is 0 Å². The molecule has 2 nitrogen and oxygen atoms in total. The van der Waals surface area contributed by atoms with Crippen molar-refractivity contribution in [3.8, 4) is 5.69 Å². The zero-order valence-corrected chi connectivity index (χ0v) is 28.5. The molecule has 0 unspecified atom stereocenters. The molecule has 0 amide bonds. The number of nitrogens with zero attached hydrogens (tertiary/aromatic N) is 2. The number of anilines is 3. The van der Waals surface area contributed by atoms with E-state index in [1.807, 2.05) is 22.7 Å². The normalized spacial score (nSPS) is 12.0. The maximum Gasteiger partial charge on any atom is 0.0547 e. The van der Waals surface area contributed by atoms with Gasteiger partial charge in [-0.1, -0.05) is 91.0 Å². The molecule has 234 valence electrons. The summed E-state index contributed by atoms with van der Waals surface area (Å²) in [4.78, 5) is 2.41. The molecule has 0 atom stereocenters. The third kappa shape index (κ3) is 4.19. The van der Waals surface area contributed by atoms with E-state index >= 15 is 0 Å². The lowest BCUT2D eigenvalue weighted by atomic mass is 10.1. The van der Waals surface area contributed by atoms with Crippen LogP contribution in [0.1, 0.15) is 0 Å². The number of fused-ring (bicyclic) bond motifs is 10. The highest BCUT2D eigenvalue weighted by Crippen LogP contribution is 2.44. The Morgan fingerprint density at radius 1 is 0.340 bits per heavy atom. The number of benzene rings is 8. The fraction of sp³-hybridized carbons (Fsp3) is 0. The number of hydrogen-bond acceptors (Lipinski definition) is 3. The van der Waals surface area contributed by atoms with Crippen LogP contribution in [0.2, 0.25) is 0 Å². The minimum absolute atomic E-state index is 1.13. The van der Waals surface area contributed by atoms with Gasteiger partial charge in [-0.15, -0.1) is 22.7 Å². The van der Waals surface area contributed by atoms with Crippen LogP contribution in [-0.2, 0) is 0 Å². The van der Waals surface area contributed by atoms with Gasteiger partial charge in [0.1, 0.15) is 0 Å². The van der Waals surface area contributed by atoms with Gasteiger partial charge in [-0.25, -0.2) is 0 Å². The average Bonchev–Trinajstić information content (AvgIpc) is 3.83. The van der Waals surface area contributed by atoms with Crippen LogP contribution < -0.4 is 4.90 Å². The second-order valence-corrected chi connectivity index (χ2v) is 15.1. The third-order valence-corrected chi connectivity index (χ3v) is 12.4. The van der Waals surface area contributed by atoms with Crippen molar-refractivity contribution in [1.82, 2.24) is 4.57 Å². The third-order valence-electron chi connectivity index (χ3n) is 10.1. The van der Waals surface area contributed by atoms with E-state index in [0.29, 0.717) is 0 Å². The van der Waals surface area contributed by atoms with Crippen LogP contribution in [-0.4, -0.2) is 4.57 Å². The Kier molecular flexibility index (Phi) is 6.03. The van der Waals surface area contributed by atoms with E-state index in [1.165, 1.54) is 72.9 Å². The van der Waals surface area contributed by atoms with E-state index in [4.69, 9.17) is 0 Å². The van der Waals surface area contributed by atoms with Gasteiger partial charge < -0.3 is 9.47 Å². The Labute approximate surface area is 296 Å². The summed E-state index contributed by atoms with van der Waals surface area (Å²) in [6, 6.07) is 62.5. The molecule has 0 N–H and O–H groups in total. The lowest BCUT2D eigenvalue weighted by molar-refractivity contribution is 1.18. The quantitative estimate of drug-likeness (QED) is 0.181. The molecule has 8 aromatic carbocycles. The van der Waals surface area contributed by atoms with Gasteiger partial charge in [0.2, 0.25) is 0 Å². The van der Waals surface area contributed by atoms with Crippen LogP contribution in [0.3, 0.4) is 0 Å². The largest absolute Gasteiger partial charge is 0.310 e. The Bertz CT molecular complexity index is 2990. The monoisotopic (exact) mass is 672 g/mol. The highest BCUT2D eigenvalue weighted by molar-refractivity contribution is 7.26. The zero-order chi connectivity index (χ0) is 32.8. The molecule has 0 aliphatic rings. The Morgan fingerprint density at radius 2 is 0.840 bits per heavy atom. The van der Waals surface area contributed by atoms with Crippen molar-refractivity contribution in [3.05, 3.63) is 170 Å². The zero-order valence-electron chi connectivity index (χ0n) is 26.9. The van der Waals surface area contributed by atoms with Gasteiger partial charge in [0.25, 0.3) is 0 Å².